The summed E-state index contributed by atoms with van der Waals surface area (Å²) in [6.45, 7) is 0. The smallest absolute Gasteiger partial charge is 0.267 e. The van der Waals surface area contributed by atoms with Gasteiger partial charge in [0, 0.05) is 20.6 Å². The summed E-state index contributed by atoms with van der Waals surface area (Å²) in [6.07, 6.45) is 1.47. The first-order valence-electron chi connectivity index (χ1n) is 5.60. The summed E-state index contributed by atoms with van der Waals surface area (Å²) >= 11 is 15.1. The maximum absolute atomic E-state index is 11.8. The second kappa shape index (κ2) is 6.88. The van der Waals surface area contributed by atoms with Crippen LogP contribution in [0.15, 0.2) is 52.0 Å². The molecular formula is C14H9BrCl2N2O. The Morgan fingerprint density at radius 1 is 1.20 bits per heavy atom. The van der Waals surface area contributed by atoms with Gasteiger partial charge in [0.1, 0.15) is 0 Å². The number of amides is 1. The van der Waals surface area contributed by atoms with E-state index in [2.05, 4.69) is 26.5 Å². The van der Waals surface area contributed by atoms with Gasteiger partial charge in [0.2, 0.25) is 0 Å². The Balaban J connectivity index is 2.04. The Hall–Kier alpha value is -1.36. The third-order valence-corrected chi connectivity index (χ3v) is 3.47. The third kappa shape index (κ3) is 4.07. The molecule has 0 aliphatic heterocycles. The largest absolute Gasteiger partial charge is 0.271 e. The van der Waals surface area contributed by atoms with E-state index in [9.17, 15) is 4.79 Å². The van der Waals surface area contributed by atoms with Crippen LogP contribution in [-0.4, -0.2) is 12.1 Å². The van der Waals surface area contributed by atoms with Crippen molar-refractivity contribution in [2.24, 2.45) is 5.10 Å². The Morgan fingerprint density at radius 2 is 2.00 bits per heavy atom. The Morgan fingerprint density at radius 3 is 2.70 bits per heavy atom. The number of hydrogen-bond donors (Lipinski definition) is 1. The summed E-state index contributed by atoms with van der Waals surface area (Å²) in [7, 11) is 0. The van der Waals surface area contributed by atoms with Crippen molar-refractivity contribution in [1.82, 2.24) is 5.43 Å². The van der Waals surface area contributed by atoms with Gasteiger partial charge in [-0.05, 0) is 30.3 Å². The molecule has 1 amide bonds. The summed E-state index contributed by atoms with van der Waals surface area (Å²) in [4.78, 5) is 11.8. The van der Waals surface area contributed by atoms with E-state index in [0.29, 0.717) is 21.2 Å². The predicted octanol–water partition coefficient (Wildman–Crippen LogP) is 4.52. The number of hydrogen-bond acceptors (Lipinski definition) is 2. The lowest BCUT2D eigenvalue weighted by Gasteiger charge is -2.01. The van der Waals surface area contributed by atoms with Crippen LogP contribution in [0.25, 0.3) is 0 Å². The lowest BCUT2D eigenvalue weighted by atomic mass is 10.2. The van der Waals surface area contributed by atoms with Crippen LogP contribution >= 0.6 is 39.1 Å². The normalized spacial score (nSPS) is 10.8. The Labute approximate surface area is 134 Å². The fourth-order valence-electron chi connectivity index (χ4n) is 1.46. The van der Waals surface area contributed by atoms with Crippen LogP contribution in [0.4, 0.5) is 0 Å². The number of nitrogens with one attached hydrogen (secondary N) is 1. The molecule has 0 saturated carbocycles. The van der Waals surface area contributed by atoms with Gasteiger partial charge in [-0.15, -0.1) is 0 Å². The van der Waals surface area contributed by atoms with E-state index in [1.54, 1.807) is 36.4 Å². The van der Waals surface area contributed by atoms with Gasteiger partial charge >= 0.3 is 0 Å². The highest BCUT2D eigenvalue weighted by atomic mass is 79.9. The van der Waals surface area contributed by atoms with Gasteiger partial charge in [0.15, 0.2) is 0 Å². The average molecular weight is 372 g/mol. The molecule has 0 unspecified atom stereocenters. The molecule has 0 saturated heterocycles. The van der Waals surface area contributed by atoms with Crippen molar-refractivity contribution >= 4 is 51.3 Å². The van der Waals surface area contributed by atoms with E-state index < -0.39 is 0 Å². The number of benzene rings is 2. The van der Waals surface area contributed by atoms with E-state index in [1.165, 1.54) is 6.21 Å². The predicted molar refractivity (Wildman–Crippen MR) is 85.7 cm³/mol. The summed E-state index contributed by atoms with van der Waals surface area (Å²) in [5.74, 6) is -0.298. The standard InChI is InChI=1S/C14H9BrCl2N2O/c15-11-3-1-2-9(6-11)14(20)19-18-8-10-4-5-12(16)7-13(10)17/h1-8H,(H,19,20)/b18-8-. The van der Waals surface area contributed by atoms with E-state index in [4.69, 9.17) is 23.2 Å². The molecule has 0 heterocycles. The van der Waals surface area contributed by atoms with Crippen LogP contribution in [0.1, 0.15) is 15.9 Å². The van der Waals surface area contributed by atoms with Gasteiger partial charge in [-0.2, -0.15) is 5.10 Å². The van der Waals surface area contributed by atoms with Crippen molar-refractivity contribution in [3.63, 3.8) is 0 Å². The van der Waals surface area contributed by atoms with Gasteiger partial charge in [0.05, 0.1) is 11.2 Å². The molecule has 2 rings (SSSR count). The molecule has 0 bridgehead atoms. The first-order chi connectivity index (χ1) is 9.56. The van der Waals surface area contributed by atoms with Gasteiger partial charge in [-0.3, -0.25) is 4.79 Å². The molecule has 0 aromatic heterocycles. The molecular weight excluding hydrogens is 363 g/mol. The second-order valence-electron chi connectivity index (χ2n) is 3.88. The van der Waals surface area contributed by atoms with Crippen molar-refractivity contribution in [1.29, 1.82) is 0 Å². The van der Waals surface area contributed by atoms with Crippen molar-refractivity contribution in [2.75, 3.05) is 0 Å². The molecule has 0 fully saturated rings. The summed E-state index contributed by atoms with van der Waals surface area (Å²) in [5.41, 5.74) is 3.62. The fourth-order valence-corrected chi connectivity index (χ4v) is 2.32. The molecule has 0 aliphatic rings. The maximum atomic E-state index is 11.8. The molecule has 3 nitrogen and oxygen atoms in total. The average Bonchev–Trinajstić information content (AvgIpc) is 2.41. The van der Waals surface area contributed by atoms with Crippen molar-refractivity contribution in [3.8, 4) is 0 Å². The number of carbonyl (C=O) groups excluding carboxylic acids is 1. The minimum Gasteiger partial charge on any atom is -0.267 e. The van der Waals surface area contributed by atoms with E-state index in [1.807, 2.05) is 6.07 Å². The van der Waals surface area contributed by atoms with E-state index >= 15 is 0 Å². The van der Waals surface area contributed by atoms with Gasteiger partial charge in [-0.25, -0.2) is 5.43 Å². The Kier molecular flexibility index (Phi) is 5.17. The first kappa shape index (κ1) is 15.0. The molecule has 20 heavy (non-hydrogen) atoms. The lowest BCUT2D eigenvalue weighted by Crippen LogP contribution is -2.17. The highest BCUT2D eigenvalue weighted by Crippen LogP contribution is 2.19. The van der Waals surface area contributed by atoms with Gasteiger partial charge in [0.25, 0.3) is 5.91 Å². The van der Waals surface area contributed by atoms with Crippen LogP contribution in [-0.2, 0) is 0 Å². The molecule has 102 valence electrons. The van der Waals surface area contributed by atoms with Gasteiger partial charge in [-0.1, -0.05) is 51.3 Å². The molecule has 0 spiro atoms. The topological polar surface area (TPSA) is 41.5 Å². The summed E-state index contributed by atoms with van der Waals surface area (Å²) < 4.78 is 0.829. The summed E-state index contributed by atoms with van der Waals surface area (Å²) in [5, 5.41) is 4.89. The molecule has 6 heteroatoms. The monoisotopic (exact) mass is 370 g/mol. The molecule has 2 aromatic carbocycles. The number of halogens is 3. The van der Waals surface area contributed by atoms with Crippen LogP contribution in [0.2, 0.25) is 10.0 Å². The zero-order valence-corrected chi connectivity index (χ0v) is 13.2. The Bertz CT molecular complexity index is 674. The highest BCUT2D eigenvalue weighted by Gasteiger charge is 2.04. The maximum Gasteiger partial charge on any atom is 0.271 e. The van der Waals surface area contributed by atoms with E-state index in [0.717, 1.165) is 4.47 Å². The summed E-state index contributed by atoms with van der Waals surface area (Å²) in [6, 6.07) is 12.1. The van der Waals surface area contributed by atoms with Gasteiger partial charge < -0.3 is 0 Å². The van der Waals surface area contributed by atoms with Crippen molar-refractivity contribution in [3.05, 3.63) is 68.1 Å². The van der Waals surface area contributed by atoms with Crippen LogP contribution in [0.5, 0.6) is 0 Å². The van der Waals surface area contributed by atoms with Crippen LogP contribution in [0, 0.1) is 0 Å². The minimum absolute atomic E-state index is 0.298. The molecule has 0 atom stereocenters. The zero-order chi connectivity index (χ0) is 14.5. The number of hydrazone groups is 1. The first-order valence-corrected chi connectivity index (χ1v) is 7.15. The van der Waals surface area contributed by atoms with Crippen molar-refractivity contribution < 1.29 is 4.79 Å². The lowest BCUT2D eigenvalue weighted by molar-refractivity contribution is 0.0955. The molecule has 0 radical (unpaired) electrons. The number of rotatable bonds is 3. The molecule has 1 N–H and O–H groups in total. The SMILES string of the molecule is O=C(N/N=C\c1ccc(Cl)cc1Cl)c1cccc(Br)c1. The van der Waals surface area contributed by atoms with E-state index in [-0.39, 0.29) is 5.91 Å². The van der Waals surface area contributed by atoms with Crippen molar-refractivity contribution in [2.45, 2.75) is 0 Å². The molecule has 0 aliphatic carbocycles. The minimum atomic E-state index is -0.298. The molecule has 2 aromatic rings. The van der Waals surface area contributed by atoms with Crippen LogP contribution < -0.4 is 5.43 Å². The number of nitrogens with zero attached hydrogens (tertiary/aromatic N) is 1. The third-order valence-electron chi connectivity index (χ3n) is 2.42. The highest BCUT2D eigenvalue weighted by molar-refractivity contribution is 9.10. The second-order valence-corrected chi connectivity index (χ2v) is 5.63. The zero-order valence-electron chi connectivity index (χ0n) is 10.1. The fraction of sp³-hybridized carbons (Fsp3) is 0. The number of carbonyl (C=O) groups is 1. The van der Waals surface area contributed by atoms with Crippen LogP contribution in [0.3, 0.4) is 0 Å². The quantitative estimate of drug-likeness (QED) is 0.625.